The van der Waals surface area contributed by atoms with Crippen LogP contribution in [0.1, 0.15) is 22.2 Å². The van der Waals surface area contributed by atoms with Crippen molar-refractivity contribution in [2.45, 2.75) is 6.10 Å². The third-order valence-corrected chi connectivity index (χ3v) is 3.07. The molecule has 0 spiro atoms. The van der Waals surface area contributed by atoms with Gasteiger partial charge in [-0.05, 0) is 6.07 Å². The lowest BCUT2D eigenvalue weighted by molar-refractivity contribution is -0.149. The molecule has 2 N–H and O–H groups in total. The molecular weight excluding hydrogens is 250 g/mol. The zero-order valence-corrected chi connectivity index (χ0v) is 10.5. The summed E-state index contributed by atoms with van der Waals surface area (Å²) in [6.45, 7) is 0. The Morgan fingerprint density at radius 2 is 1.89 bits per heavy atom. The topological polar surface area (TPSA) is 88.8 Å². The van der Waals surface area contributed by atoms with E-state index in [9.17, 15) is 14.7 Å². The molecule has 6 nitrogen and oxygen atoms in total. The molecule has 0 aliphatic rings. The zero-order chi connectivity index (χ0) is 14.2. The van der Waals surface area contributed by atoms with E-state index in [0.717, 1.165) is 0 Å². The van der Waals surface area contributed by atoms with Crippen LogP contribution in [-0.2, 0) is 16.6 Å². The average Bonchev–Trinajstić information content (AvgIpc) is 2.65. The first-order valence-corrected chi connectivity index (χ1v) is 5.55. The fourth-order valence-electron chi connectivity index (χ4n) is 2.27. The summed E-state index contributed by atoms with van der Waals surface area (Å²) in [5.41, 5.74) is 0.745. The highest BCUT2D eigenvalue weighted by atomic mass is 16.5. The maximum atomic E-state index is 11.4. The van der Waals surface area contributed by atoms with Crippen LogP contribution in [-0.4, -0.2) is 33.8 Å². The quantitative estimate of drug-likeness (QED) is 0.875. The smallest absolute Gasteiger partial charge is 0.339 e. The van der Waals surface area contributed by atoms with Crippen LogP contribution in [0.3, 0.4) is 0 Å². The number of hydrogen-bond acceptors (Lipinski definition) is 3. The highest BCUT2D eigenvalue weighted by Gasteiger charge is 2.30. The molecule has 1 heterocycles. The van der Waals surface area contributed by atoms with Crippen molar-refractivity contribution in [3.63, 3.8) is 0 Å². The molecule has 1 unspecified atom stereocenters. The zero-order valence-electron chi connectivity index (χ0n) is 10.5. The first-order valence-electron chi connectivity index (χ1n) is 5.55. The van der Waals surface area contributed by atoms with E-state index in [2.05, 4.69) is 0 Å². The first-order chi connectivity index (χ1) is 8.99. The molecule has 1 aromatic heterocycles. The first kappa shape index (κ1) is 13.1. The standard InChI is InChI=1S/C13H13NO5/c1-14-8-6-4-3-5-7(8)9(12(15)16)10(14)11(19-2)13(17)18/h3-6,11H,1-2H3,(H,15,16)(H,17,18). The largest absolute Gasteiger partial charge is 0.479 e. The minimum absolute atomic E-state index is 0.0349. The third kappa shape index (κ3) is 1.96. The second-order valence-electron chi connectivity index (χ2n) is 4.10. The predicted octanol–water partition coefficient (Wildman–Crippen LogP) is 1.65. The number of ether oxygens (including phenoxy) is 1. The molecule has 2 aromatic rings. The molecule has 0 saturated heterocycles. The normalized spacial score (nSPS) is 12.5. The van der Waals surface area contributed by atoms with E-state index < -0.39 is 18.0 Å². The summed E-state index contributed by atoms with van der Waals surface area (Å²) in [7, 11) is 2.86. The van der Waals surface area contributed by atoms with Gasteiger partial charge in [0.25, 0.3) is 0 Å². The lowest BCUT2D eigenvalue weighted by Crippen LogP contribution is -2.19. The molecule has 1 aromatic carbocycles. The van der Waals surface area contributed by atoms with E-state index >= 15 is 0 Å². The van der Waals surface area contributed by atoms with Crippen LogP contribution in [0.4, 0.5) is 0 Å². The lowest BCUT2D eigenvalue weighted by atomic mass is 10.1. The van der Waals surface area contributed by atoms with E-state index in [0.29, 0.717) is 10.9 Å². The molecule has 19 heavy (non-hydrogen) atoms. The number of methoxy groups -OCH3 is 1. The van der Waals surface area contributed by atoms with Crippen LogP contribution in [0.2, 0.25) is 0 Å². The Kier molecular flexibility index (Phi) is 3.26. The second-order valence-corrected chi connectivity index (χ2v) is 4.10. The molecule has 0 saturated carbocycles. The van der Waals surface area contributed by atoms with Crippen molar-refractivity contribution >= 4 is 22.8 Å². The number of carboxylic acid groups (broad SMARTS) is 2. The molecule has 100 valence electrons. The summed E-state index contributed by atoms with van der Waals surface area (Å²) in [6, 6.07) is 6.86. The Balaban J connectivity index is 2.85. The molecule has 2 rings (SSSR count). The molecule has 0 radical (unpaired) electrons. The van der Waals surface area contributed by atoms with Gasteiger partial charge in [0.15, 0.2) is 6.10 Å². The van der Waals surface area contributed by atoms with Crippen LogP contribution in [0.25, 0.3) is 10.9 Å². The fourth-order valence-corrected chi connectivity index (χ4v) is 2.27. The van der Waals surface area contributed by atoms with Gasteiger partial charge in [0.05, 0.1) is 11.3 Å². The molecule has 0 aliphatic heterocycles. The van der Waals surface area contributed by atoms with Gasteiger partial charge in [-0.3, -0.25) is 0 Å². The molecule has 0 bridgehead atoms. The van der Waals surface area contributed by atoms with Gasteiger partial charge in [-0.1, -0.05) is 18.2 Å². The Morgan fingerprint density at radius 1 is 1.26 bits per heavy atom. The Morgan fingerprint density at radius 3 is 2.42 bits per heavy atom. The van der Waals surface area contributed by atoms with Crippen LogP contribution >= 0.6 is 0 Å². The van der Waals surface area contributed by atoms with Gasteiger partial charge in [0.2, 0.25) is 0 Å². The monoisotopic (exact) mass is 263 g/mol. The van der Waals surface area contributed by atoms with Crippen LogP contribution in [0.15, 0.2) is 24.3 Å². The number of rotatable bonds is 4. The number of para-hydroxylation sites is 1. The number of aliphatic carboxylic acids is 1. The predicted molar refractivity (Wildman–Crippen MR) is 67.3 cm³/mol. The number of benzene rings is 1. The van der Waals surface area contributed by atoms with Crippen LogP contribution < -0.4 is 0 Å². The number of carbonyl (C=O) groups is 2. The summed E-state index contributed by atoms with van der Waals surface area (Å²) >= 11 is 0. The minimum Gasteiger partial charge on any atom is -0.479 e. The van der Waals surface area contributed by atoms with Gasteiger partial charge in [0.1, 0.15) is 0 Å². The van der Waals surface area contributed by atoms with Crippen molar-refractivity contribution < 1.29 is 24.5 Å². The Bertz CT molecular complexity index is 658. The minimum atomic E-state index is -1.32. The maximum Gasteiger partial charge on any atom is 0.339 e. The van der Waals surface area contributed by atoms with Crippen molar-refractivity contribution in [3.8, 4) is 0 Å². The number of nitrogens with zero attached hydrogens (tertiary/aromatic N) is 1. The number of fused-ring (bicyclic) bond motifs is 1. The van der Waals surface area contributed by atoms with E-state index in [1.54, 1.807) is 35.9 Å². The molecular formula is C13H13NO5. The average molecular weight is 263 g/mol. The summed E-state index contributed by atoms with van der Waals surface area (Å²) < 4.78 is 6.46. The van der Waals surface area contributed by atoms with E-state index in [1.807, 2.05) is 0 Å². The highest BCUT2D eigenvalue weighted by Crippen LogP contribution is 2.31. The molecule has 0 aliphatic carbocycles. The molecule has 6 heteroatoms. The molecule has 1 atom stereocenters. The van der Waals surface area contributed by atoms with Crippen molar-refractivity contribution in [3.05, 3.63) is 35.5 Å². The second kappa shape index (κ2) is 4.74. The van der Waals surface area contributed by atoms with Crippen molar-refractivity contribution in [2.24, 2.45) is 7.05 Å². The summed E-state index contributed by atoms with van der Waals surface area (Å²) in [5.74, 6) is -2.40. The van der Waals surface area contributed by atoms with Gasteiger partial charge in [0, 0.05) is 25.1 Å². The van der Waals surface area contributed by atoms with Crippen molar-refractivity contribution in [1.29, 1.82) is 0 Å². The van der Waals surface area contributed by atoms with Crippen molar-refractivity contribution in [2.75, 3.05) is 7.11 Å². The summed E-state index contributed by atoms with van der Waals surface area (Å²) in [5, 5.41) is 19.0. The number of hydrogen-bond donors (Lipinski definition) is 2. The Hall–Kier alpha value is -2.34. The summed E-state index contributed by atoms with van der Waals surface area (Å²) in [6.07, 6.45) is -1.32. The third-order valence-electron chi connectivity index (χ3n) is 3.07. The van der Waals surface area contributed by atoms with Gasteiger partial charge in [-0.15, -0.1) is 0 Å². The number of aryl methyl sites for hydroxylation is 1. The Labute approximate surface area is 108 Å². The lowest BCUT2D eigenvalue weighted by Gasteiger charge is -2.13. The molecule has 0 amide bonds. The molecule has 0 fully saturated rings. The SMILES string of the molecule is COC(C(=O)O)c1c(C(=O)O)c2ccccc2n1C. The fraction of sp³-hybridized carbons (Fsp3) is 0.231. The van der Waals surface area contributed by atoms with E-state index in [1.165, 1.54) is 7.11 Å². The van der Waals surface area contributed by atoms with E-state index in [4.69, 9.17) is 9.84 Å². The number of aromatic carboxylic acids is 1. The van der Waals surface area contributed by atoms with Crippen LogP contribution in [0, 0.1) is 0 Å². The van der Waals surface area contributed by atoms with Crippen molar-refractivity contribution in [1.82, 2.24) is 4.57 Å². The number of carboxylic acids is 2. The van der Waals surface area contributed by atoms with Gasteiger partial charge < -0.3 is 19.5 Å². The number of aromatic nitrogens is 1. The van der Waals surface area contributed by atoms with Gasteiger partial charge >= 0.3 is 11.9 Å². The van der Waals surface area contributed by atoms with Gasteiger partial charge in [-0.2, -0.15) is 0 Å². The summed E-state index contributed by atoms with van der Waals surface area (Å²) in [4.78, 5) is 22.6. The van der Waals surface area contributed by atoms with Crippen LogP contribution in [0.5, 0.6) is 0 Å². The highest BCUT2D eigenvalue weighted by molar-refractivity contribution is 6.06. The maximum absolute atomic E-state index is 11.4. The van der Waals surface area contributed by atoms with Gasteiger partial charge in [-0.25, -0.2) is 9.59 Å². The van der Waals surface area contributed by atoms with E-state index in [-0.39, 0.29) is 11.3 Å².